The first-order valence-electron chi connectivity index (χ1n) is 3.01. The molecule has 13 heavy (non-hydrogen) atoms. The summed E-state index contributed by atoms with van der Waals surface area (Å²) in [4.78, 5) is 3.42. The van der Waals surface area contributed by atoms with Crippen molar-refractivity contribution in [2.45, 2.75) is 11.8 Å². The highest BCUT2D eigenvalue weighted by atomic mass is 35.5. The lowest BCUT2D eigenvalue weighted by molar-refractivity contribution is 0.482. The molecule has 0 saturated heterocycles. The van der Waals surface area contributed by atoms with Crippen LogP contribution in [0.5, 0.6) is 0 Å². The normalized spacial score (nSPS) is 10.7. The van der Waals surface area contributed by atoms with Gasteiger partial charge in [0, 0.05) is 6.20 Å². The van der Waals surface area contributed by atoms with Crippen molar-refractivity contribution in [2.24, 2.45) is 0 Å². The quantitative estimate of drug-likeness (QED) is 0.763. The average molecular weight is 244 g/mol. The maximum atomic E-state index is 10.7. The van der Waals surface area contributed by atoms with Crippen LogP contribution in [0.3, 0.4) is 0 Å². The van der Waals surface area contributed by atoms with Gasteiger partial charge in [-0.25, -0.2) is 0 Å². The molecule has 1 N–H and O–H groups in total. The molecule has 74 valence electrons. The summed E-state index contributed by atoms with van der Waals surface area (Å²) < 4.78 is 30.0. The van der Waals surface area contributed by atoms with Crippen LogP contribution in [0, 0.1) is 6.92 Å². The molecule has 0 atom stereocenters. The van der Waals surface area contributed by atoms with Gasteiger partial charge in [-0.05, 0) is 13.0 Å². The topological polar surface area (TPSA) is 67.3 Å². The Morgan fingerprint density at radius 1 is 1.54 bits per heavy atom. The highest BCUT2D eigenvalue weighted by molar-refractivity contribution is 7.85. The molecule has 0 fully saturated rings. The lowest BCUT2D eigenvalue weighted by Gasteiger charge is -2.00. The molecule has 0 aliphatic carbocycles. The molecule has 0 bridgehead atoms. The molecule has 0 amide bonds. The van der Waals surface area contributed by atoms with Gasteiger partial charge in [0.2, 0.25) is 0 Å². The summed E-state index contributed by atoms with van der Waals surface area (Å²) in [6, 6.07) is 1.15. The van der Waals surface area contributed by atoms with E-state index in [-0.39, 0.29) is 28.0 Å². The Morgan fingerprint density at radius 3 is 2.46 bits per heavy atom. The predicted octanol–water partition coefficient (Wildman–Crippen LogP) is 1.71. The zero-order valence-corrected chi connectivity index (χ0v) is 8.95. The Labute approximate surface area is 87.1 Å². The number of nitrogens with zero attached hydrogens (tertiary/aromatic N) is 1. The van der Waals surface area contributed by atoms with E-state index in [4.69, 9.17) is 16.2 Å². The van der Waals surface area contributed by atoms with Crippen LogP contribution in [-0.2, 0) is 10.1 Å². The number of halogens is 2. The van der Waals surface area contributed by atoms with Crippen molar-refractivity contribution >= 4 is 34.1 Å². The smallest absolute Gasteiger partial charge is 0.282 e. The van der Waals surface area contributed by atoms with Crippen molar-refractivity contribution in [3.8, 4) is 0 Å². The molecule has 0 unspecified atom stereocenters. The van der Waals surface area contributed by atoms with Crippen LogP contribution in [0.25, 0.3) is 0 Å². The van der Waals surface area contributed by atoms with E-state index >= 15 is 0 Å². The maximum Gasteiger partial charge on any atom is 0.296 e. The Hall–Kier alpha value is -0.360. The predicted molar refractivity (Wildman–Crippen MR) is 51.0 cm³/mol. The second kappa shape index (κ2) is 4.23. The molecule has 0 aliphatic heterocycles. The third kappa shape index (κ3) is 3.11. The van der Waals surface area contributed by atoms with Crippen molar-refractivity contribution in [2.75, 3.05) is 0 Å². The SMILES string of the molecule is Cc1ncc(Cl)cc1S(=O)(=O)O.Cl. The van der Waals surface area contributed by atoms with Crippen LogP contribution in [0.2, 0.25) is 5.02 Å². The summed E-state index contributed by atoms with van der Waals surface area (Å²) in [7, 11) is -4.20. The van der Waals surface area contributed by atoms with Crippen LogP contribution >= 0.6 is 24.0 Å². The van der Waals surface area contributed by atoms with Crippen LogP contribution in [0.1, 0.15) is 5.69 Å². The van der Waals surface area contributed by atoms with E-state index in [9.17, 15) is 8.42 Å². The van der Waals surface area contributed by atoms with Gasteiger partial charge in [-0.1, -0.05) is 11.6 Å². The standard InChI is InChI=1S/C6H6ClNO3S.ClH/c1-4-6(12(9,10)11)2-5(7)3-8-4;/h2-3H,1H3,(H,9,10,11);1H. The monoisotopic (exact) mass is 243 g/mol. The second-order valence-electron chi connectivity index (χ2n) is 2.21. The third-order valence-corrected chi connectivity index (χ3v) is 2.46. The van der Waals surface area contributed by atoms with Gasteiger partial charge in [0.1, 0.15) is 4.90 Å². The molecule has 4 nitrogen and oxygen atoms in total. The Morgan fingerprint density at radius 2 is 2.08 bits per heavy atom. The fraction of sp³-hybridized carbons (Fsp3) is 0.167. The summed E-state index contributed by atoms with van der Waals surface area (Å²) in [5.41, 5.74) is 0.224. The number of hydrogen-bond donors (Lipinski definition) is 1. The Kier molecular flexibility index (Phi) is 4.12. The number of aryl methyl sites for hydroxylation is 1. The van der Waals surface area contributed by atoms with E-state index < -0.39 is 10.1 Å². The lowest BCUT2D eigenvalue weighted by atomic mass is 10.4. The first-order chi connectivity index (χ1) is 5.41. The van der Waals surface area contributed by atoms with Crippen LogP contribution in [0.4, 0.5) is 0 Å². The van der Waals surface area contributed by atoms with Crippen LogP contribution < -0.4 is 0 Å². The van der Waals surface area contributed by atoms with Crippen molar-refractivity contribution in [1.82, 2.24) is 4.98 Å². The van der Waals surface area contributed by atoms with Gasteiger partial charge in [-0.2, -0.15) is 8.42 Å². The Bertz CT molecular complexity index is 404. The minimum Gasteiger partial charge on any atom is -0.282 e. The molecule has 0 spiro atoms. The molecule has 0 aliphatic rings. The summed E-state index contributed by atoms with van der Waals surface area (Å²) in [6.45, 7) is 1.47. The number of aromatic nitrogens is 1. The molecule has 0 radical (unpaired) electrons. The zero-order valence-electron chi connectivity index (χ0n) is 6.56. The highest BCUT2D eigenvalue weighted by Crippen LogP contribution is 2.16. The first-order valence-corrected chi connectivity index (χ1v) is 4.82. The molecule has 1 aromatic rings. The largest absolute Gasteiger partial charge is 0.296 e. The first kappa shape index (κ1) is 12.6. The zero-order chi connectivity index (χ0) is 9.35. The lowest BCUT2D eigenvalue weighted by Crippen LogP contribution is -2.02. The van der Waals surface area contributed by atoms with E-state index in [0.717, 1.165) is 6.07 Å². The van der Waals surface area contributed by atoms with Gasteiger partial charge in [0.05, 0.1) is 10.7 Å². The van der Waals surface area contributed by atoms with Crippen molar-refractivity contribution in [3.05, 3.63) is 23.0 Å². The van der Waals surface area contributed by atoms with Crippen molar-refractivity contribution in [1.29, 1.82) is 0 Å². The molecular formula is C6H7Cl2NO3S. The molecular weight excluding hydrogens is 237 g/mol. The van der Waals surface area contributed by atoms with Gasteiger partial charge < -0.3 is 0 Å². The van der Waals surface area contributed by atoms with Gasteiger partial charge in [0.25, 0.3) is 10.1 Å². The summed E-state index contributed by atoms with van der Waals surface area (Å²) in [5, 5.41) is 0.174. The highest BCUT2D eigenvalue weighted by Gasteiger charge is 2.13. The summed E-state index contributed by atoms with van der Waals surface area (Å²) in [6.07, 6.45) is 1.31. The molecule has 7 heteroatoms. The fourth-order valence-electron chi connectivity index (χ4n) is 0.750. The van der Waals surface area contributed by atoms with Gasteiger partial charge >= 0.3 is 0 Å². The van der Waals surface area contributed by atoms with Crippen molar-refractivity contribution < 1.29 is 13.0 Å². The van der Waals surface area contributed by atoms with Gasteiger partial charge in [0.15, 0.2) is 0 Å². The summed E-state index contributed by atoms with van der Waals surface area (Å²) >= 11 is 5.48. The van der Waals surface area contributed by atoms with Gasteiger partial charge in [-0.15, -0.1) is 12.4 Å². The minimum absolute atomic E-state index is 0. The minimum atomic E-state index is -4.20. The molecule has 0 saturated carbocycles. The molecule has 0 aromatic carbocycles. The number of rotatable bonds is 1. The molecule has 1 heterocycles. The fourth-order valence-corrected chi connectivity index (χ4v) is 1.67. The van der Waals surface area contributed by atoms with E-state index in [1.165, 1.54) is 13.1 Å². The molecule has 1 rings (SSSR count). The maximum absolute atomic E-state index is 10.7. The number of hydrogen-bond acceptors (Lipinski definition) is 3. The summed E-state index contributed by atoms with van der Waals surface area (Å²) in [5.74, 6) is 0. The Balaban J connectivity index is 0.00000144. The van der Waals surface area contributed by atoms with E-state index in [2.05, 4.69) is 4.98 Å². The third-order valence-electron chi connectivity index (χ3n) is 1.29. The number of pyridine rings is 1. The molecule has 1 aromatic heterocycles. The average Bonchev–Trinajstić information content (AvgIpc) is 1.92. The van der Waals surface area contributed by atoms with E-state index in [1.54, 1.807) is 0 Å². The van der Waals surface area contributed by atoms with E-state index in [0.29, 0.717) is 0 Å². The van der Waals surface area contributed by atoms with Crippen molar-refractivity contribution in [3.63, 3.8) is 0 Å². The second-order valence-corrected chi connectivity index (χ2v) is 4.04. The van der Waals surface area contributed by atoms with Gasteiger partial charge in [-0.3, -0.25) is 9.54 Å². The van der Waals surface area contributed by atoms with Crippen LogP contribution in [0.15, 0.2) is 17.2 Å². The van der Waals surface area contributed by atoms with E-state index in [1.807, 2.05) is 0 Å². The van der Waals surface area contributed by atoms with Crippen LogP contribution in [-0.4, -0.2) is 18.0 Å².